The average molecular weight is 390 g/mol. The highest BCUT2D eigenvalue weighted by Gasteiger charge is 2.30. The highest BCUT2D eigenvalue weighted by atomic mass is 35.5. The van der Waals surface area contributed by atoms with Crippen LogP contribution in [0.3, 0.4) is 0 Å². The number of H-pyrrole nitrogens is 1. The molecule has 6 nitrogen and oxygen atoms in total. The Labute approximate surface area is 155 Å². The Morgan fingerprint density at radius 1 is 1.35 bits per heavy atom. The number of nitrogens with zero attached hydrogens (tertiary/aromatic N) is 1. The smallest absolute Gasteiger partial charge is 0.257 e. The third-order valence-corrected chi connectivity index (χ3v) is 6.85. The predicted octanol–water partition coefficient (Wildman–Crippen LogP) is 3.75. The van der Waals surface area contributed by atoms with E-state index in [1.54, 1.807) is 30.6 Å². The molecule has 0 unspecified atom stereocenters. The second-order valence-electron chi connectivity index (χ2n) is 6.43. The largest absolute Gasteiger partial charge is 0.346 e. The zero-order valence-corrected chi connectivity index (χ0v) is 15.5. The van der Waals surface area contributed by atoms with Gasteiger partial charge in [0, 0.05) is 17.8 Å². The van der Waals surface area contributed by atoms with Crippen LogP contribution in [0.25, 0.3) is 11.0 Å². The summed E-state index contributed by atoms with van der Waals surface area (Å²) >= 11 is 6.30. The predicted molar refractivity (Wildman–Crippen MR) is 101 cm³/mol. The van der Waals surface area contributed by atoms with Crippen LogP contribution in [-0.4, -0.2) is 30.0 Å². The molecule has 0 saturated heterocycles. The lowest BCUT2D eigenvalue weighted by Crippen LogP contribution is -2.21. The van der Waals surface area contributed by atoms with E-state index in [9.17, 15) is 13.2 Å². The van der Waals surface area contributed by atoms with Crippen molar-refractivity contribution in [2.45, 2.75) is 24.2 Å². The van der Waals surface area contributed by atoms with Gasteiger partial charge in [-0.1, -0.05) is 18.5 Å². The third kappa shape index (κ3) is 2.77. The number of hydrogen-bond donors (Lipinski definition) is 2. The highest BCUT2D eigenvalue weighted by Crippen LogP contribution is 2.37. The Balaban J connectivity index is 1.76. The van der Waals surface area contributed by atoms with E-state index in [2.05, 4.69) is 15.3 Å². The number of sulfone groups is 1. The first-order valence-corrected chi connectivity index (χ1v) is 10.2. The number of anilines is 1. The van der Waals surface area contributed by atoms with Crippen LogP contribution in [0, 0.1) is 0 Å². The molecular formula is C18H16ClN3O3S. The van der Waals surface area contributed by atoms with E-state index >= 15 is 0 Å². The number of nitrogens with one attached hydrogen (secondary N) is 2. The average Bonchev–Trinajstić information content (AvgIpc) is 3.08. The monoisotopic (exact) mass is 389 g/mol. The van der Waals surface area contributed by atoms with E-state index < -0.39 is 15.7 Å². The molecule has 0 fully saturated rings. The molecule has 134 valence electrons. The third-order valence-electron chi connectivity index (χ3n) is 4.74. The number of aromatic nitrogens is 2. The van der Waals surface area contributed by atoms with Crippen LogP contribution in [0.2, 0.25) is 5.02 Å². The number of halogens is 1. The topological polar surface area (TPSA) is 91.9 Å². The maximum Gasteiger partial charge on any atom is 0.257 e. The van der Waals surface area contributed by atoms with Gasteiger partial charge in [-0.05, 0) is 42.2 Å². The standard InChI is InChI=1S/C18H16ClN3O3S/c1-10-4-7-26(24,25)16-9-13(14(19)8-12(10)16)18(23)22-15-3-6-21-17-11(15)2-5-20-17/h2-3,5-6,8-10H,4,7H2,1H3,(H2,20,21,22,23)/t10-/m0/s1. The molecule has 1 aromatic carbocycles. The van der Waals surface area contributed by atoms with Gasteiger partial charge >= 0.3 is 0 Å². The Morgan fingerprint density at radius 2 is 2.15 bits per heavy atom. The second kappa shape index (κ2) is 6.10. The van der Waals surface area contributed by atoms with Crippen LogP contribution in [-0.2, 0) is 9.84 Å². The number of rotatable bonds is 2. The van der Waals surface area contributed by atoms with Crippen molar-refractivity contribution in [1.82, 2.24) is 9.97 Å². The van der Waals surface area contributed by atoms with E-state index in [1.807, 2.05) is 6.92 Å². The molecule has 0 saturated carbocycles. The summed E-state index contributed by atoms with van der Waals surface area (Å²) in [5.41, 5.74) is 2.04. The number of aromatic amines is 1. The number of benzene rings is 1. The molecule has 3 aromatic rings. The molecule has 26 heavy (non-hydrogen) atoms. The maximum absolute atomic E-state index is 12.8. The number of fused-ring (bicyclic) bond motifs is 2. The first kappa shape index (κ1) is 17.1. The van der Waals surface area contributed by atoms with Gasteiger partial charge in [0.15, 0.2) is 9.84 Å². The minimum atomic E-state index is -3.40. The number of pyridine rings is 1. The van der Waals surface area contributed by atoms with E-state index in [-0.39, 0.29) is 27.2 Å². The summed E-state index contributed by atoms with van der Waals surface area (Å²) in [5, 5.41) is 3.80. The Bertz CT molecular complexity index is 1140. The number of carbonyl (C=O) groups excluding carboxylic acids is 1. The molecule has 0 spiro atoms. The van der Waals surface area contributed by atoms with E-state index in [1.165, 1.54) is 6.07 Å². The van der Waals surface area contributed by atoms with Crippen LogP contribution in [0.5, 0.6) is 0 Å². The summed E-state index contributed by atoms with van der Waals surface area (Å²) in [6.45, 7) is 1.96. The van der Waals surface area contributed by atoms with Crippen molar-refractivity contribution in [2.24, 2.45) is 0 Å². The molecule has 1 aliphatic heterocycles. The Kier molecular flexibility index (Phi) is 4.00. The molecule has 2 aromatic heterocycles. The van der Waals surface area contributed by atoms with Crippen molar-refractivity contribution < 1.29 is 13.2 Å². The van der Waals surface area contributed by atoms with Gasteiger partial charge in [0.2, 0.25) is 0 Å². The molecule has 1 aliphatic rings. The fourth-order valence-electron chi connectivity index (χ4n) is 3.25. The molecule has 1 atom stereocenters. The molecule has 0 radical (unpaired) electrons. The van der Waals surface area contributed by atoms with E-state index in [4.69, 9.17) is 11.6 Å². The number of carbonyl (C=O) groups is 1. The van der Waals surface area contributed by atoms with Gasteiger partial charge in [0.25, 0.3) is 5.91 Å². The highest BCUT2D eigenvalue weighted by molar-refractivity contribution is 7.91. The molecule has 0 aliphatic carbocycles. The normalized spacial score (nSPS) is 18.5. The van der Waals surface area contributed by atoms with Crippen molar-refractivity contribution >= 4 is 44.1 Å². The molecule has 8 heteroatoms. The van der Waals surface area contributed by atoms with E-state index in [0.29, 0.717) is 23.3 Å². The summed E-state index contributed by atoms with van der Waals surface area (Å²) in [6, 6.07) is 6.48. The van der Waals surface area contributed by atoms with Crippen LogP contribution in [0.1, 0.15) is 35.2 Å². The number of hydrogen-bond acceptors (Lipinski definition) is 4. The Hall–Kier alpha value is -2.38. The van der Waals surface area contributed by atoms with Gasteiger partial charge < -0.3 is 10.3 Å². The molecule has 0 bridgehead atoms. The molecular weight excluding hydrogens is 374 g/mol. The zero-order valence-electron chi connectivity index (χ0n) is 13.9. The lowest BCUT2D eigenvalue weighted by Gasteiger charge is -2.23. The van der Waals surface area contributed by atoms with Crippen LogP contribution in [0.15, 0.2) is 41.6 Å². The first-order chi connectivity index (χ1) is 12.4. The van der Waals surface area contributed by atoms with Crippen molar-refractivity contribution in [3.8, 4) is 0 Å². The molecule has 1 amide bonds. The summed E-state index contributed by atoms with van der Waals surface area (Å²) in [4.78, 5) is 20.1. The van der Waals surface area contributed by atoms with Gasteiger partial charge in [0.1, 0.15) is 5.65 Å². The lowest BCUT2D eigenvalue weighted by molar-refractivity contribution is 0.102. The minimum absolute atomic E-state index is 0.0815. The zero-order chi connectivity index (χ0) is 18.5. The Morgan fingerprint density at radius 3 is 2.96 bits per heavy atom. The minimum Gasteiger partial charge on any atom is -0.346 e. The fourth-order valence-corrected chi connectivity index (χ4v) is 5.31. The van der Waals surface area contributed by atoms with Crippen molar-refractivity contribution in [3.63, 3.8) is 0 Å². The van der Waals surface area contributed by atoms with Crippen molar-refractivity contribution in [2.75, 3.05) is 11.1 Å². The molecule has 3 heterocycles. The van der Waals surface area contributed by atoms with Gasteiger partial charge in [-0.15, -0.1) is 0 Å². The van der Waals surface area contributed by atoms with Gasteiger partial charge in [-0.3, -0.25) is 4.79 Å². The molecule has 4 rings (SSSR count). The quantitative estimate of drug-likeness (QED) is 0.698. The van der Waals surface area contributed by atoms with Gasteiger partial charge in [-0.25, -0.2) is 13.4 Å². The van der Waals surface area contributed by atoms with Gasteiger partial charge in [0.05, 0.1) is 26.9 Å². The summed E-state index contributed by atoms with van der Waals surface area (Å²) < 4.78 is 24.8. The maximum atomic E-state index is 12.8. The first-order valence-electron chi connectivity index (χ1n) is 8.16. The summed E-state index contributed by atoms with van der Waals surface area (Å²) in [5.74, 6) is -0.291. The lowest BCUT2D eigenvalue weighted by atomic mass is 9.96. The van der Waals surface area contributed by atoms with Crippen LogP contribution >= 0.6 is 11.6 Å². The van der Waals surface area contributed by atoms with Crippen molar-refractivity contribution in [1.29, 1.82) is 0 Å². The summed E-state index contributed by atoms with van der Waals surface area (Å²) in [6.07, 6.45) is 3.86. The van der Waals surface area contributed by atoms with Crippen LogP contribution in [0.4, 0.5) is 5.69 Å². The SMILES string of the molecule is C[C@H]1CCS(=O)(=O)c2cc(C(=O)Nc3ccnc4[nH]ccc34)c(Cl)cc21. The van der Waals surface area contributed by atoms with Gasteiger partial charge in [-0.2, -0.15) is 0 Å². The molecule has 2 N–H and O–H groups in total. The second-order valence-corrected chi connectivity index (χ2v) is 8.92. The fraction of sp³-hybridized carbons (Fsp3) is 0.222. The van der Waals surface area contributed by atoms with Crippen LogP contribution < -0.4 is 5.32 Å². The van der Waals surface area contributed by atoms with Crippen molar-refractivity contribution in [3.05, 3.63) is 52.8 Å². The summed E-state index contributed by atoms with van der Waals surface area (Å²) in [7, 11) is -3.40. The van der Waals surface area contributed by atoms with E-state index in [0.717, 1.165) is 5.39 Å². The number of amides is 1.